The maximum Gasteiger partial charge on any atom is 0.292 e. The molecule has 1 aromatic carbocycles. The third kappa shape index (κ3) is 1.80. The van der Waals surface area contributed by atoms with Crippen molar-refractivity contribution in [2.75, 3.05) is 5.32 Å². The summed E-state index contributed by atoms with van der Waals surface area (Å²) >= 11 is 0. The van der Waals surface area contributed by atoms with Gasteiger partial charge in [-0.15, -0.1) is 0 Å². The summed E-state index contributed by atoms with van der Waals surface area (Å²) in [5.41, 5.74) is 1.23. The molecule has 3 rings (SSSR count). The van der Waals surface area contributed by atoms with Crippen molar-refractivity contribution in [2.24, 2.45) is 0 Å². The Morgan fingerprint density at radius 1 is 1.00 bits per heavy atom. The Bertz CT molecular complexity index is 738. The lowest BCUT2D eigenvalue weighted by Crippen LogP contribution is -2.12. The summed E-state index contributed by atoms with van der Waals surface area (Å²) in [6.07, 6.45) is 3.00. The quantitative estimate of drug-likeness (QED) is 0.707. The predicted octanol–water partition coefficient (Wildman–Crippen LogP) is 1.46. The van der Waals surface area contributed by atoms with E-state index in [-0.39, 0.29) is 11.1 Å². The molecule has 0 saturated heterocycles. The summed E-state index contributed by atoms with van der Waals surface area (Å²) in [5.74, 6) is 0.476. The summed E-state index contributed by atoms with van der Waals surface area (Å²) in [7, 11) is 0. The van der Waals surface area contributed by atoms with Crippen LogP contribution >= 0.6 is 0 Å². The van der Waals surface area contributed by atoms with Crippen LogP contribution in [0.2, 0.25) is 0 Å². The Hall–Kier alpha value is -2.76. The van der Waals surface area contributed by atoms with E-state index in [9.17, 15) is 4.79 Å². The van der Waals surface area contributed by atoms with Gasteiger partial charge in [0.05, 0.1) is 0 Å². The second-order valence-corrected chi connectivity index (χ2v) is 3.65. The predicted molar refractivity (Wildman–Crippen MR) is 67.7 cm³/mol. The fourth-order valence-electron chi connectivity index (χ4n) is 1.64. The lowest BCUT2D eigenvalue weighted by atomic mass is 10.3. The molecule has 0 aliphatic heterocycles. The van der Waals surface area contributed by atoms with Crippen LogP contribution in [0.15, 0.2) is 47.5 Å². The summed E-state index contributed by atoms with van der Waals surface area (Å²) in [6.45, 7) is 0. The van der Waals surface area contributed by atoms with Gasteiger partial charge in [-0.2, -0.15) is 5.10 Å². The highest BCUT2D eigenvalue weighted by Gasteiger charge is 2.08. The Balaban J connectivity index is 2.13. The molecule has 2 N–H and O–H groups in total. The zero-order valence-electron chi connectivity index (χ0n) is 9.29. The van der Waals surface area contributed by atoms with Gasteiger partial charge in [0.15, 0.2) is 11.3 Å². The molecule has 2 heterocycles. The van der Waals surface area contributed by atoms with Crippen LogP contribution in [0.3, 0.4) is 0 Å². The van der Waals surface area contributed by atoms with Crippen molar-refractivity contribution < 1.29 is 0 Å². The number of aromatic nitrogens is 4. The largest absolute Gasteiger partial charge is 0.337 e. The van der Waals surface area contributed by atoms with E-state index in [1.165, 1.54) is 12.4 Å². The lowest BCUT2D eigenvalue weighted by molar-refractivity contribution is 1.000. The van der Waals surface area contributed by atoms with Crippen LogP contribution < -0.4 is 10.9 Å². The number of aromatic amines is 1. The molecule has 88 valence electrons. The van der Waals surface area contributed by atoms with Crippen LogP contribution in [0.4, 0.5) is 11.5 Å². The van der Waals surface area contributed by atoms with Crippen molar-refractivity contribution in [2.45, 2.75) is 0 Å². The number of para-hydroxylation sites is 1. The number of H-pyrrole nitrogens is 1. The van der Waals surface area contributed by atoms with Gasteiger partial charge < -0.3 is 5.32 Å². The zero-order chi connectivity index (χ0) is 12.4. The minimum Gasteiger partial charge on any atom is -0.337 e. The van der Waals surface area contributed by atoms with Crippen LogP contribution in [0.5, 0.6) is 0 Å². The molecule has 0 atom stereocenters. The highest BCUT2D eigenvalue weighted by atomic mass is 16.1. The smallest absolute Gasteiger partial charge is 0.292 e. The first-order valence-electron chi connectivity index (χ1n) is 5.36. The average Bonchev–Trinajstić information content (AvgIpc) is 2.44. The van der Waals surface area contributed by atoms with Crippen LogP contribution in [-0.2, 0) is 0 Å². The van der Waals surface area contributed by atoms with Gasteiger partial charge in [0.25, 0.3) is 5.56 Å². The van der Waals surface area contributed by atoms with E-state index in [0.29, 0.717) is 11.3 Å². The maximum absolute atomic E-state index is 11.5. The molecule has 0 radical (unpaired) electrons. The standard InChI is InChI=1S/C12H9N5O/c18-12-10-9(13-6-7-14-10)11(16-17-12)15-8-4-2-1-3-5-8/h1-7H,(H,15,16)(H,17,18). The lowest BCUT2D eigenvalue weighted by Gasteiger charge is -2.06. The molecule has 2 aromatic heterocycles. The minimum atomic E-state index is -0.350. The Morgan fingerprint density at radius 3 is 2.50 bits per heavy atom. The zero-order valence-corrected chi connectivity index (χ0v) is 9.29. The number of hydrogen-bond acceptors (Lipinski definition) is 5. The van der Waals surface area contributed by atoms with Crippen molar-refractivity contribution in [3.63, 3.8) is 0 Å². The van der Waals surface area contributed by atoms with E-state index in [1.807, 2.05) is 30.3 Å². The first-order valence-corrected chi connectivity index (χ1v) is 5.36. The molecule has 0 bridgehead atoms. The molecule has 0 aliphatic carbocycles. The number of fused-ring (bicyclic) bond motifs is 1. The third-order valence-electron chi connectivity index (χ3n) is 2.44. The van der Waals surface area contributed by atoms with Gasteiger partial charge >= 0.3 is 0 Å². The fraction of sp³-hybridized carbons (Fsp3) is 0. The highest BCUT2D eigenvalue weighted by Crippen LogP contribution is 2.17. The molecule has 0 amide bonds. The normalized spacial score (nSPS) is 10.4. The van der Waals surface area contributed by atoms with Gasteiger partial charge in [-0.05, 0) is 12.1 Å². The highest BCUT2D eigenvalue weighted by molar-refractivity contribution is 5.85. The molecule has 0 saturated carbocycles. The monoisotopic (exact) mass is 239 g/mol. The van der Waals surface area contributed by atoms with E-state index >= 15 is 0 Å². The van der Waals surface area contributed by atoms with Gasteiger partial charge in [-0.25, -0.2) is 15.1 Å². The summed E-state index contributed by atoms with van der Waals surface area (Å²) in [6, 6.07) is 9.52. The number of nitrogens with zero attached hydrogens (tertiary/aromatic N) is 3. The number of anilines is 2. The number of hydrogen-bond donors (Lipinski definition) is 2. The fourth-order valence-corrected chi connectivity index (χ4v) is 1.64. The van der Waals surface area contributed by atoms with Gasteiger partial charge in [0.2, 0.25) is 0 Å². The summed E-state index contributed by atoms with van der Waals surface area (Å²) in [4.78, 5) is 19.7. The third-order valence-corrected chi connectivity index (χ3v) is 2.44. The van der Waals surface area contributed by atoms with Crippen molar-refractivity contribution in [1.82, 2.24) is 20.2 Å². The first-order chi connectivity index (χ1) is 8.84. The Labute approximate surface area is 102 Å². The Kier molecular flexibility index (Phi) is 2.45. The summed E-state index contributed by atoms with van der Waals surface area (Å²) < 4.78 is 0. The molecule has 6 heteroatoms. The molecule has 6 nitrogen and oxygen atoms in total. The topological polar surface area (TPSA) is 83.6 Å². The van der Waals surface area contributed by atoms with E-state index in [1.54, 1.807) is 0 Å². The molecular weight excluding hydrogens is 230 g/mol. The average molecular weight is 239 g/mol. The van der Waals surface area contributed by atoms with Gasteiger partial charge in [-0.1, -0.05) is 18.2 Å². The van der Waals surface area contributed by atoms with Crippen molar-refractivity contribution in [1.29, 1.82) is 0 Å². The van der Waals surface area contributed by atoms with Crippen molar-refractivity contribution in [3.8, 4) is 0 Å². The SMILES string of the molecule is O=c1[nH]nc(Nc2ccccc2)c2nccnc12. The van der Waals surface area contributed by atoms with Crippen LogP contribution in [0.1, 0.15) is 0 Å². The molecule has 0 unspecified atom stereocenters. The van der Waals surface area contributed by atoms with Gasteiger partial charge in [0.1, 0.15) is 5.52 Å². The van der Waals surface area contributed by atoms with E-state index in [4.69, 9.17) is 0 Å². The Morgan fingerprint density at radius 2 is 1.72 bits per heavy atom. The maximum atomic E-state index is 11.5. The molecular formula is C12H9N5O. The van der Waals surface area contributed by atoms with E-state index in [2.05, 4.69) is 25.5 Å². The number of benzene rings is 1. The van der Waals surface area contributed by atoms with Gasteiger partial charge in [-0.3, -0.25) is 4.79 Å². The molecule has 18 heavy (non-hydrogen) atoms. The molecule has 3 aromatic rings. The van der Waals surface area contributed by atoms with E-state index < -0.39 is 0 Å². The minimum absolute atomic E-state index is 0.269. The molecule has 0 fully saturated rings. The van der Waals surface area contributed by atoms with Crippen LogP contribution in [0.25, 0.3) is 11.0 Å². The van der Waals surface area contributed by atoms with E-state index in [0.717, 1.165) is 5.69 Å². The second-order valence-electron chi connectivity index (χ2n) is 3.65. The first kappa shape index (κ1) is 10.4. The van der Waals surface area contributed by atoms with Crippen molar-refractivity contribution >= 4 is 22.5 Å². The number of rotatable bonds is 2. The van der Waals surface area contributed by atoms with Gasteiger partial charge in [0, 0.05) is 18.1 Å². The van der Waals surface area contributed by atoms with Crippen LogP contribution in [0, 0.1) is 0 Å². The summed E-state index contributed by atoms with van der Waals surface area (Å²) in [5, 5.41) is 9.43. The molecule has 0 spiro atoms. The van der Waals surface area contributed by atoms with Crippen LogP contribution in [-0.4, -0.2) is 20.2 Å². The number of nitrogens with one attached hydrogen (secondary N) is 2. The molecule has 0 aliphatic rings. The van der Waals surface area contributed by atoms with Crippen molar-refractivity contribution in [3.05, 3.63) is 53.1 Å². The second kappa shape index (κ2) is 4.25.